The highest BCUT2D eigenvalue weighted by molar-refractivity contribution is 8.00. The lowest BCUT2D eigenvalue weighted by molar-refractivity contribution is -1.06. The average Bonchev–Trinajstić information content (AvgIpc) is 3.42. The number of carbonyl (C=O) groups is 3. The number of hydrogen-bond acceptors (Lipinski definition) is 12. The minimum absolute atomic E-state index is 0.0690. The van der Waals surface area contributed by atoms with Crippen molar-refractivity contribution < 1.29 is 38.2 Å². The van der Waals surface area contributed by atoms with Gasteiger partial charge < -0.3 is 25.8 Å². The van der Waals surface area contributed by atoms with E-state index in [1.807, 2.05) is 14.1 Å². The Morgan fingerprint density at radius 1 is 1.47 bits per heavy atom. The van der Waals surface area contributed by atoms with Crippen LogP contribution in [0.2, 0.25) is 0 Å². The van der Waals surface area contributed by atoms with Crippen molar-refractivity contribution >= 4 is 51.9 Å². The molecule has 3 aliphatic heterocycles. The van der Waals surface area contributed by atoms with Crippen LogP contribution < -0.4 is 16.2 Å². The molecule has 2 amide bonds. The zero-order chi connectivity index (χ0) is 26.0. The van der Waals surface area contributed by atoms with E-state index < -0.39 is 42.5 Å². The molecule has 3 aliphatic rings. The van der Waals surface area contributed by atoms with Gasteiger partial charge in [0.15, 0.2) is 5.13 Å². The van der Waals surface area contributed by atoms with Gasteiger partial charge in [0.25, 0.3) is 11.8 Å². The third-order valence-electron chi connectivity index (χ3n) is 5.56. The van der Waals surface area contributed by atoms with Crippen molar-refractivity contribution in [3.8, 4) is 0 Å². The van der Waals surface area contributed by atoms with E-state index in [4.69, 9.17) is 15.4 Å². The SMILES string of the molecule is C[N+]1(C)CC[C@H](/C=C/C2=C(C(=O)[O-])N3C(=O)[C@@H](NC(=O)/C(=N\OCCF)c4nsc(N)n4)[C@H]3SC2)O1. The van der Waals surface area contributed by atoms with E-state index in [2.05, 4.69) is 19.8 Å². The number of nitrogens with two attached hydrogens (primary N) is 1. The van der Waals surface area contributed by atoms with Crippen LogP contribution in [0.1, 0.15) is 12.2 Å². The number of hydrogen-bond donors (Lipinski definition) is 2. The highest BCUT2D eigenvalue weighted by Gasteiger charge is 2.53. The first kappa shape index (κ1) is 26.0. The molecule has 0 aliphatic carbocycles. The van der Waals surface area contributed by atoms with Crippen molar-refractivity contribution in [2.75, 3.05) is 45.4 Å². The number of aromatic nitrogens is 2. The number of oxime groups is 1. The number of alkyl halides is 1. The fourth-order valence-corrected chi connectivity index (χ4v) is 5.65. The van der Waals surface area contributed by atoms with Crippen LogP contribution in [0, 0.1) is 0 Å². The van der Waals surface area contributed by atoms with Gasteiger partial charge in [-0.2, -0.15) is 18.8 Å². The van der Waals surface area contributed by atoms with Crippen LogP contribution in [0.15, 0.2) is 28.6 Å². The maximum Gasteiger partial charge on any atom is 0.278 e. The van der Waals surface area contributed by atoms with Crippen LogP contribution in [0.4, 0.5) is 9.52 Å². The zero-order valence-electron chi connectivity index (χ0n) is 19.4. The Hall–Kier alpha value is -3.08. The predicted molar refractivity (Wildman–Crippen MR) is 125 cm³/mol. The molecule has 1 aromatic heterocycles. The summed E-state index contributed by atoms with van der Waals surface area (Å²) < 4.78 is 16.7. The third-order valence-corrected chi connectivity index (χ3v) is 7.40. The largest absolute Gasteiger partial charge is 0.543 e. The summed E-state index contributed by atoms with van der Waals surface area (Å²) in [4.78, 5) is 53.3. The molecule has 0 bridgehead atoms. The first-order chi connectivity index (χ1) is 17.1. The smallest absolute Gasteiger partial charge is 0.278 e. The summed E-state index contributed by atoms with van der Waals surface area (Å²) >= 11 is 2.10. The summed E-state index contributed by atoms with van der Waals surface area (Å²) in [5, 5.41) is 17.4. The number of rotatable bonds is 9. The Kier molecular flexibility index (Phi) is 7.58. The molecular formula is C20H24FN7O6S2. The highest BCUT2D eigenvalue weighted by Crippen LogP contribution is 2.40. The van der Waals surface area contributed by atoms with E-state index in [1.54, 1.807) is 12.2 Å². The van der Waals surface area contributed by atoms with Gasteiger partial charge in [-0.3, -0.25) is 14.5 Å². The van der Waals surface area contributed by atoms with Crippen LogP contribution in [0.25, 0.3) is 0 Å². The van der Waals surface area contributed by atoms with Crippen molar-refractivity contribution in [1.29, 1.82) is 0 Å². The normalized spacial score (nSPS) is 25.6. The highest BCUT2D eigenvalue weighted by atomic mass is 32.2. The lowest BCUT2D eigenvalue weighted by atomic mass is 10.0. The minimum Gasteiger partial charge on any atom is -0.543 e. The number of amides is 2. The van der Waals surface area contributed by atoms with Gasteiger partial charge in [0.2, 0.25) is 11.5 Å². The lowest BCUT2D eigenvalue weighted by Crippen LogP contribution is -2.71. The molecule has 36 heavy (non-hydrogen) atoms. The topological polar surface area (TPSA) is 172 Å². The Labute approximate surface area is 213 Å². The van der Waals surface area contributed by atoms with Gasteiger partial charge in [0, 0.05) is 23.7 Å². The van der Waals surface area contributed by atoms with Crippen molar-refractivity contribution in [2.24, 2.45) is 5.16 Å². The first-order valence-electron chi connectivity index (χ1n) is 10.9. The summed E-state index contributed by atoms with van der Waals surface area (Å²) in [6.45, 7) is -0.417. The predicted octanol–water partition coefficient (Wildman–Crippen LogP) is -1.45. The molecule has 3 N–H and O–H groups in total. The maximum atomic E-state index is 12.9. The van der Waals surface area contributed by atoms with Gasteiger partial charge in [0.05, 0.1) is 25.8 Å². The molecule has 0 aromatic carbocycles. The Balaban J connectivity index is 1.49. The third kappa shape index (κ3) is 5.35. The molecule has 4 heterocycles. The molecule has 16 heteroatoms. The Morgan fingerprint density at radius 2 is 2.25 bits per heavy atom. The number of thioether (sulfide) groups is 1. The summed E-state index contributed by atoms with van der Waals surface area (Å²) in [6.07, 6.45) is 4.03. The Bertz CT molecular complexity index is 1150. The van der Waals surface area contributed by atoms with Gasteiger partial charge in [0.1, 0.15) is 37.3 Å². The molecule has 0 unspecified atom stereocenters. The monoisotopic (exact) mass is 541 g/mol. The molecule has 2 fully saturated rings. The summed E-state index contributed by atoms with van der Waals surface area (Å²) in [7, 11) is 3.85. The molecule has 0 spiro atoms. The lowest BCUT2D eigenvalue weighted by Gasteiger charge is -2.50. The van der Waals surface area contributed by atoms with Crippen LogP contribution in [0.3, 0.4) is 0 Å². The number of anilines is 1. The Morgan fingerprint density at radius 3 is 2.86 bits per heavy atom. The molecular weight excluding hydrogens is 517 g/mol. The van der Waals surface area contributed by atoms with E-state index >= 15 is 0 Å². The molecule has 1 aromatic rings. The second-order valence-electron chi connectivity index (χ2n) is 8.53. The number of halogens is 1. The number of β-lactam (4-membered cyclic amide) rings is 1. The number of allylic oxidation sites excluding steroid dienone is 1. The van der Waals surface area contributed by atoms with Crippen LogP contribution in [-0.4, -0.2) is 99.6 Å². The zero-order valence-corrected chi connectivity index (χ0v) is 21.0. The first-order valence-corrected chi connectivity index (χ1v) is 12.7. The fraction of sp³-hybridized carbons (Fsp3) is 0.500. The van der Waals surface area contributed by atoms with E-state index in [0.29, 0.717) is 10.2 Å². The number of fused-ring (bicyclic) bond motifs is 1. The quantitative estimate of drug-likeness (QED) is 0.124. The minimum atomic E-state index is -1.49. The van der Waals surface area contributed by atoms with Gasteiger partial charge in [-0.25, -0.2) is 4.39 Å². The number of nitrogen functional groups attached to an aromatic ring is 1. The molecule has 3 atom stereocenters. The number of quaternary nitrogens is 1. The summed E-state index contributed by atoms with van der Waals surface area (Å²) in [6, 6.07) is -1.04. The van der Waals surface area contributed by atoms with Gasteiger partial charge in [-0.05, 0) is 11.6 Å². The number of carboxylic acids is 1. The van der Waals surface area contributed by atoms with Crippen molar-refractivity contribution in [3.05, 3.63) is 29.2 Å². The van der Waals surface area contributed by atoms with Crippen LogP contribution in [-0.2, 0) is 24.1 Å². The van der Waals surface area contributed by atoms with Crippen molar-refractivity contribution in [1.82, 2.24) is 19.6 Å². The summed E-state index contributed by atoms with van der Waals surface area (Å²) in [5.41, 5.74) is 5.35. The van der Waals surface area contributed by atoms with Gasteiger partial charge in [-0.15, -0.1) is 11.8 Å². The molecule has 2 saturated heterocycles. The van der Waals surface area contributed by atoms with Crippen LogP contribution in [0.5, 0.6) is 0 Å². The number of aliphatic carboxylic acids is 1. The fourth-order valence-electron chi connectivity index (χ4n) is 3.89. The number of nitrogens with one attached hydrogen (secondary N) is 1. The second-order valence-corrected chi connectivity index (χ2v) is 10.4. The second kappa shape index (κ2) is 10.5. The molecule has 194 valence electrons. The maximum absolute atomic E-state index is 12.9. The number of carbonyl (C=O) groups excluding carboxylic acids is 3. The van der Waals surface area contributed by atoms with E-state index in [1.165, 1.54) is 11.8 Å². The molecule has 0 radical (unpaired) electrons. The number of carboxylic acid groups (broad SMARTS) is 1. The van der Waals surface area contributed by atoms with E-state index in [9.17, 15) is 23.9 Å². The van der Waals surface area contributed by atoms with E-state index in [-0.39, 0.29) is 34.2 Å². The number of hydroxylamine groups is 3. The molecule has 0 saturated carbocycles. The van der Waals surface area contributed by atoms with Gasteiger partial charge in [-0.1, -0.05) is 11.2 Å². The van der Waals surface area contributed by atoms with Crippen molar-refractivity contribution in [3.63, 3.8) is 0 Å². The standard InChI is InChI=1S/C20H24FN7O6S2/c1-28(2)7-5-11(34-28)4-3-10-9-35-18-13(17(30)27(18)14(10)19(31)32)23-16(29)12(25-33-8-6-21)15-24-20(22)36-26-15/h3-4,11,13,18H,5-9H2,1-2H3,(H3-,22,23,24,26,29,31,32)/b4-3+,25-12-/t11-,13+,18+/m0/s1. The average molecular weight is 542 g/mol. The van der Waals surface area contributed by atoms with Gasteiger partial charge >= 0.3 is 0 Å². The number of nitrogens with zero attached hydrogens (tertiary/aromatic N) is 5. The summed E-state index contributed by atoms with van der Waals surface area (Å²) in [5.74, 6) is -2.85. The van der Waals surface area contributed by atoms with E-state index in [0.717, 1.165) is 29.4 Å². The molecule has 4 rings (SSSR count). The van der Waals surface area contributed by atoms with Crippen molar-refractivity contribution in [2.45, 2.75) is 23.9 Å². The molecule has 13 nitrogen and oxygen atoms in total. The van der Waals surface area contributed by atoms with Crippen LogP contribution >= 0.6 is 23.3 Å².